The second-order valence-corrected chi connectivity index (χ2v) is 6.24. The average Bonchev–Trinajstić information content (AvgIpc) is 2.85. The Hall–Kier alpha value is -1.55. The number of nitrogens with two attached hydrogens (primary N) is 1. The van der Waals surface area contributed by atoms with Crippen molar-refractivity contribution >= 4 is 47.0 Å². The summed E-state index contributed by atoms with van der Waals surface area (Å²) >= 11 is 1.71. The molecule has 0 unspecified atom stereocenters. The fourth-order valence-corrected chi connectivity index (χ4v) is 3.11. The molecule has 8 heteroatoms. The molecule has 0 bridgehead atoms. The summed E-state index contributed by atoms with van der Waals surface area (Å²) in [6.07, 6.45) is 0.839. The van der Waals surface area contributed by atoms with Crippen LogP contribution in [0.1, 0.15) is 15.6 Å². The number of hydrogen-bond donors (Lipinski definition) is 2. The van der Waals surface area contributed by atoms with Gasteiger partial charge < -0.3 is 20.5 Å². The molecule has 1 aromatic heterocycles. The summed E-state index contributed by atoms with van der Waals surface area (Å²) < 4.78 is 10.5. The van der Waals surface area contributed by atoms with E-state index in [1.165, 1.54) is 4.88 Å². The molecule has 0 saturated heterocycles. The number of guanidine groups is 1. The van der Waals surface area contributed by atoms with Crippen molar-refractivity contribution in [3.05, 3.63) is 33.8 Å². The van der Waals surface area contributed by atoms with Gasteiger partial charge in [0.05, 0.1) is 24.9 Å². The summed E-state index contributed by atoms with van der Waals surface area (Å²) in [6.45, 7) is 4.65. The Bertz CT molecular complexity index is 703. The predicted octanol–water partition coefficient (Wildman–Crippen LogP) is 3.36. The molecule has 0 amide bonds. The molecule has 0 radical (unpaired) electrons. The van der Waals surface area contributed by atoms with Crippen LogP contribution >= 0.6 is 35.3 Å². The molecule has 2 aromatic rings. The van der Waals surface area contributed by atoms with E-state index < -0.39 is 0 Å². The van der Waals surface area contributed by atoms with Crippen LogP contribution in [0.5, 0.6) is 11.5 Å². The van der Waals surface area contributed by atoms with E-state index in [4.69, 9.17) is 15.2 Å². The van der Waals surface area contributed by atoms with E-state index >= 15 is 0 Å². The molecule has 0 aliphatic rings. The monoisotopic (exact) mass is 462 g/mol. The Morgan fingerprint density at radius 2 is 1.96 bits per heavy atom. The van der Waals surface area contributed by atoms with Crippen molar-refractivity contribution in [2.24, 2.45) is 10.7 Å². The predicted molar refractivity (Wildman–Crippen MR) is 110 cm³/mol. The lowest BCUT2D eigenvalue weighted by molar-refractivity contribution is 0.355. The van der Waals surface area contributed by atoms with Crippen molar-refractivity contribution < 1.29 is 9.47 Å². The largest absolute Gasteiger partial charge is 0.493 e. The van der Waals surface area contributed by atoms with E-state index in [0.29, 0.717) is 24.0 Å². The van der Waals surface area contributed by atoms with Gasteiger partial charge >= 0.3 is 0 Å². The van der Waals surface area contributed by atoms with E-state index in [0.717, 1.165) is 22.8 Å². The lowest BCUT2D eigenvalue weighted by Gasteiger charge is -2.10. The smallest absolute Gasteiger partial charge is 0.193 e. The molecule has 0 spiro atoms. The third-order valence-corrected chi connectivity index (χ3v) is 4.41. The van der Waals surface area contributed by atoms with Crippen LogP contribution in [0.4, 0.5) is 5.69 Å². The lowest BCUT2D eigenvalue weighted by atomic mass is 10.3. The van der Waals surface area contributed by atoms with Gasteiger partial charge in [0.2, 0.25) is 0 Å². The molecule has 0 aliphatic heterocycles. The first-order chi connectivity index (χ1) is 11.0. The molecule has 132 valence electrons. The Morgan fingerprint density at radius 1 is 1.25 bits per heavy atom. The van der Waals surface area contributed by atoms with Crippen molar-refractivity contribution in [2.75, 3.05) is 26.1 Å². The molecule has 1 heterocycles. The summed E-state index contributed by atoms with van der Waals surface area (Å²) in [6, 6.07) is 5.50. The van der Waals surface area contributed by atoms with Gasteiger partial charge in [-0.1, -0.05) is 0 Å². The summed E-state index contributed by atoms with van der Waals surface area (Å²) in [7, 11) is 3.20. The molecular weight excluding hydrogens is 439 g/mol. The van der Waals surface area contributed by atoms with Crippen molar-refractivity contribution in [3.8, 4) is 11.5 Å². The van der Waals surface area contributed by atoms with Gasteiger partial charge in [-0.25, -0.2) is 4.98 Å². The molecule has 0 atom stereocenters. The third-order valence-electron chi connectivity index (χ3n) is 3.28. The van der Waals surface area contributed by atoms with E-state index in [9.17, 15) is 0 Å². The molecule has 0 saturated carbocycles. The molecule has 1 aromatic carbocycles. The number of anilines is 1. The fraction of sp³-hybridized carbons (Fsp3) is 0.375. The van der Waals surface area contributed by atoms with Crippen LogP contribution in [0.3, 0.4) is 0 Å². The maximum atomic E-state index is 5.93. The Kier molecular flexibility index (Phi) is 8.26. The standard InChI is InChI=1S/C16H22N4O2S.HI/c1-10-15(23-11(2)19-10)7-8-18-16(17)20-12-5-6-13(21-3)14(9-12)22-4;/h5-6,9H,7-8H2,1-4H3,(H3,17,18,20);1H. The first kappa shape index (κ1) is 20.5. The summed E-state index contributed by atoms with van der Waals surface area (Å²) in [5, 5.41) is 4.14. The lowest BCUT2D eigenvalue weighted by Crippen LogP contribution is -2.23. The summed E-state index contributed by atoms with van der Waals surface area (Å²) in [5.74, 6) is 1.68. The highest BCUT2D eigenvalue weighted by Crippen LogP contribution is 2.29. The van der Waals surface area contributed by atoms with E-state index in [1.807, 2.05) is 32.0 Å². The number of rotatable bonds is 6. The van der Waals surface area contributed by atoms with Gasteiger partial charge in [0.25, 0.3) is 0 Å². The van der Waals surface area contributed by atoms with E-state index in [-0.39, 0.29) is 24.0 Å². The minimum absolute atomic E-state index is 0. The van der Waals surface area contributed by atoms with Gasteiger partial charge in [0.15, 0.2) is 17.5 Å². The fourth-order valence-electron chi connectivity index (χ4n) is 2.18. The van der Waals surface area contributed by atoms with Crippen molar-refractivity contribution in [1.29, 1.82) is 0 Å². The van der Waals surface area contributed by atoms with Gasteiger partial charge in [-0.05, 0) is 26.0 Å². The zero-order valence-corrected chi connectivity index (χ0v) is 17.4. The SMILES string of the molecule is COc1ccc(NC(N)=NCCc2sc(C)nc2C)cc1OC.I. The molecule has 2 rings (SSSR count). The van der Waals surface area contributed by atoms with Crippen LogP contribution in [0.15, 0.2) is 23.2 Å². The molecule has 0 aliphatic carbocycles. The number of nitrogens with one attached hydrogen (secondary N) is 1. The second kappa shape index (κ2) is 9.67. The maximum absolute atomic E-state index is 5.93. The van der Waals surface area contributed by atoms with E-state index in [1.54, 1.807) is 25.6 Å². The van der Waals surface area contributed by atoms with Crippen LogP contribution < -0.4 is 20.5 Å². The van der Waals surface area contributed by atoms with Crippen molar-refractivity contribution in [1.82, 2.24) is 4.98 Å². The van der Waals surface area contributed by atoms with Gasteiger partial charge in [0, 0.05) is 29.6 Å². The number of methoxy groups -OCH3 is 2. The molecule has 24 heavy (non-hydrogen) atoms. The average molecular weight is 462 g/mol. The number of halogens is 1. The van der Waals surface area contributed by atoms with Crippen LogP contribution in [-0.2, 0) is 6.42 Å². The molecule has 6 nitrogen and oxygen atoms in total. The number of ether oxygens (including phenoxy) is 2. The minimum Gasteiger partial charge on any atom is -0.493 e. The van der Waals surface area contributed by atoms with Crippen molar-refractivity contribution in [2.45, 2.75) is 20.3 Å². The van der Waals surface area contributed by atoms with Gasteiger partial charge in [-0.2, -0.15) is 0 Å². The number of aromatic nitrogens is 1. The number of aryl methyl sites for hydroxylation is 2. The van der Waals surface area contributed by atoms with Gasteiger partial charge in [0.1, 0.15) is 0 Å². The van der Waals surface area contributed by atoms with Crippen molar-refractivity contribution in [3.63, 3.8) is 0 Å². The van der Waals surface area contributed by atoms with Crippen LogP contribution in [0, 0.1) is 13.8 Å². The molecular formula is C16H23IN4O2S. The number of benzene rings is 1. The number of nitrogens with zero attached hydrogens (tertiary/aromatic N) is 2. The number of thiazole rings is 1. The van der Waals surface area contributed by atoms with Crippen LogP contribution in [0.2, 0.25) is 0 Å². The second-order valence-electron chi connectivity index (χ2n) is 4.95. The highest BCUT2D eigenvalue weighted by atomic mass is 127. The zero-order valence-electron chi connectivity index (χ0n) is 14.3. The van der Waals surface area contributed by atoms with Gasteiger partial charge in [-0.15, -0.1) is 35.3 Å². The zero-order chi connectivity index (χ0) is 16.8. The number of hydrogen-bond acceptors (Lipinski definition) is 5. The first-order valence-electron chi connectivity index (χ1n) is 7.25. The molecule has 0 fully saturated rings. The highest BCUT2D eigenvalue weighted by Gasteiger charge is 2.06. The first-order valence-corrected chi connectivity index (χ1v) is 8.07. The summed E-state index contributed by atoms with van der Waals surface area (Å²) in [4.78, 5) is 10.0. The van der Waals surface area contributed by atoms with Crippen LogP contribution in [-0.4, -0.2) is 31.7 Å². The Balaban J connectivity index is 0.00000288. The topological polar surface area (TPSA) is 81.8 Å². The van der Waals surface area contributed by atoms with Gasteiger partial charge in [-0.3, -0.25) is 4.99 Å². The third kappa shape index (κ3) is 5.52. The Labute approximate surface area is 163 Å². The number of aliphatic imine (C=N–C) groups is 1. The Morgan fingerprint density at radius 3 is 2.54 bits per heavy atom. The highest BCUT2D eigenvalue weighted by molar-refractivity contribution is 14.0. The van der Waals surface area contributed by atoms with E-state index in [2.05, 4.69) is 15.3 Å². The maximum Gasteiger partial charge on any atom is 0.193 e. The summed E-state index contributed by atoms with van der Waals surface area (Å²) in [5.41, 5.74) is 7.81. The quantitative estimate of drug-likeness (QED) is 0.391. The van der Waals surface area contributed by atoms with Crippen LogP contribution in [0.25, 0.3) is 0 Å². The minimum atomic E-state index is 0. The molecule has 3 N–H and O–H groups in total. The normalized spacial score (nSPS) is 10.9.